The number of anilines is 1. The molecule has 2 aromatic heterocycles. The van der Waals surface area contributed by atoms with Gasteiger partial charge in [-0.05, 0) is 30.2 Å². The molecular formula is C13H14N4O2S2. The lowest BCUT2D eigenvalue weighted by Gasteiger charge is -1.98. The van der Waals surface area contributed by atoms with Crippen molar-refractivity contribution in [3.05, 3.63) is 36.2 Å². The van der Waals surface area contributed by atoms with Crippen LogP contribution in [-0.4, -0.2) is 28.9 Å². The molecule has 0 radical (unpaired) electrons. The molecular weight excluding hydrogens is 308 g/mol. The van der Waals surface area contributed by atoms with E-state index in [-0.39, 0.29) is 10.1 Å². The Morgan fingerprint density at radius 3 is 2.90 bits per heavy atom. The molecule has 0 aliphatic rings. The summed E-state index contributed by atoms with van der Waals surface area (Å²) < 4.78 is 27.3. The predicted molar refractivity (Wildman–Crippen MR) is 83.0 cm³/mol. The monoisotopic (exact) mass is 322 g/mol. The van der Waals surface area contributed by atoms with E-state index in [0.29, 0.717) is 17.6 Å². The third-order valence-corrected chi connectivity index (χ3v) is 6.27. The highest BCUT2D eigenvalue weighted by Crippen LogP contribution is 2.27. The molecule has 0 spiro atoms. The van der Waals surface area contributed by atoms with Gasteiger partial charge in [0.25, 0.3) is 0 Å². The average molecular weight is 322 g/mol. The number of nitrogen functional groups attached to an aromatic ring is 1. The maximum Gasteiger partial charge on any atom is 0.210 e. The van der Waals surface area contributed by atoms with Crippen molar-refractivity contribution in [1.82, 2.24) is 14.8 Å². The minimum absolute atomic E-state index is 0.0218. The van der Waals surface area contributed by atoms with Crippen molar-refractivity contribution in [1.29, 1.82) is 0 Å². The Morgan fingerprint density at radius 2 is 2.19 bits per heavy atom. The molecule has 0 fully saturated rings. The Kier molecular flexibility index (Phi) is 3.42. The largest absolute Gasteiger partial charge is 0.399 e. The van der Waals surface area contributed by atoms with Gasteiger partial charge in [-0.15, -0.1) is 11.3 Å². The van der Waals surface area contributed by atoms with Crippen LogP contribution in [0.25, 0.3) is 10.2 Å². The molecule has 0 bridgehead atoms. The lowest BCUT2D eigenvalue weighted by molar-refractivity contribution is 0.594. The van der Waals surface area contributed by atoms with Gasteiger partial charge in [-0.2, -0.15) is 5.10 Å². The summed E-state index contributed by atoms with van der Waals surface area (Å²) in [7, 11) is -1.59. The minimum atomic E-state index is -3.39. The molecule has 0 saturated heterocycles. The van der Waals surface area contributed by atoms with Crippen molar-refractivity contribution in [2.45, 2.75) is 10.8 Å². The zero-order valence-corrected chi connectivity index (χ0v) is 13.0. The smallest absolute Gasteiger partial charge is 0.210 e. The second-order valence-corrected chi connectivity index (χ2v) is 8.11. The van der Waals surface area contributed by atoms with E-state index >= 15 is 0 Å². The highest BCUT2D eigenvalue weighted by atomic mass is 32.2. The molecule has 0 unspecified atom stereocenters. The number of nitrogens with two attached hydrogens (primary N) is 1. The first-order valence-electron chi connectivity index (χ1n) is 6.30. The van der Waals surface area contributed by atoms with Crippen LogP contribution in [-0.2, 0) is 23.3 Å². The lowest BCUT2D eigenvalue weighted by atomic mass is 10.3. The van der Waals surface area contributed by atoms with Crippen LogP contribution in [0.1, 0.15) is 5.56 Å². The second kappa shape index (κ2) is 5.12. The summed E-state index contributed by atoms with van der Waals surface area (Å²) >= 11 is 1.16. The van der Waals surface area contributed by atoms with Crippen LogP contribution in [0.2, 0.25) is 0 Å². The van der Waals surface area contributed by atoms with Crippen molar-refractivity contribution in [2.75, 3.05) is 11.5 Å². The Balaban J connectivity index is 1.85. The third kappa shape index (κ3) is 2.91. The molecule has 0 saturated carbocycles. The first kappa shape index (κ1) is 14.0. The number of thiazole rings is 1. The molecule has 8 heteroatoms. The standard InChI is InChI=1S/C13H14N4O2S2/c1-17-8-9(7-15-17)4-5-21(18,19)13-16-11-3-2-10(14)6-12(11)20-13/h2-3,6-8H,4-5,14H2,1H3. The topological polar surface area (TPSA) is 90.9 Å². The van der Waals surface area contributed by atoms with E-state index < -0.39 is 9.84 Å². The predicted octanol–water partition coefficient (Wildman–Crippen LogP) is 1.63. The van der Waals surface area contributed by atoms with E-state index in [1.165, 1.54) is 0 Å². The molecule has 6 nitrogen and oxygen atoms in total. The fraction of sp³-hybridized carbons (Fsp3) is 0.231. The van der Waals surface area contributed by atoms with E-state index in [9.17, 15) is 8.42 Å². The van der Waals surface area contributed by atoms with E-state index in [1.807, 2.05) is 6.20 Å². The molecule has 21 heavy (non-hydrogen) atoms. The van der Waals surface area contributed by atoms with Gasteiger partial charge in [-0.3, -0.25) is 4.68 Å². The Bertz CT molecular complexity index is 896. The molecule has 0 amide bonds. The summed E-state index contributed by atoms with van der Waals surface area (Å²) in [5, 5.41) is 4.03. The number of hydrogen-bond acceptors (Lipinski definition) is 6. The lowest BCUT2D eigenvalue weighted by Crippen LogP contribution is -2.08. The van der Waals surface area contributed by atoms with Gasteiger partial charge in [-0.1, -0.05) is 0 Å². The Labute approximate surface area is 126 Å². The van der Waals surface area contributed by atoms with Gasteiger partial charge in [0.1, 0.15) is 0 Å². The molecule has 2 heterocycles. The molecule has 0 aliphatic heterocycles. The van der Waals surface area contributed by atoms with Crippen LogP contribution < -0.4 is 5.73 Å². The maximum atomic E-state index is 12.4. The summed E-state index contributed by atoms with van der Waals surface area (Å²) in [5.41, 5.74) is 7.86. The van der Waals surface area contributed by atoms with Gasteiger partial charge in [-0.25, -0.2) is 13.4 Å². The number of benzene rings is 1. The van der Waals surface area contributed by atoms with Gasteiger partial charge in [0.15, 0.2) is 0 Å². The molecule has 0 atom stereocenters. The fourth-order valence-corrected chi connectivity index (χ4v) is 4.68. The van der Waals surface area contributed by atoms with Crippen LogP contribution in [0.5, 0.6) is 0 Å². The van der Waals surface area contributed by atoms with Crippen molar-refractivity contribution >= 4 is 37.1 Å². The minimum Gasteiger partial charge on any atom is -0.399 e. The third-order valence-electron chi connectivity index (χ3n) is 3.08. The normalized spacial score (nSPS) is 12.0. The number of rotatable bonds is 4. The first-order chi connectivity index (χ1) is 9.94. The first-order valence-corrected chi connectivity index (χ1v) is 8.77. The Morgan fingerprint density at radius 1 is 1.38 bits per heavy atom. The SMILES string of the molecule is Cn1cc(CCS(=O)(=O)c2nc3ccc(N)cc3s2)cn1. The van der Waals surface area contributed by atoms with Crippen molar-refractivity contribution < 1.29 is 8.42 Å². The second-order valence-electron chi connectivity index (χ2n) is 4.80. The van der Waals surface area contributed by atoms with E-state index in [1.54, 1.807) is 36.1 Å². The zero-order chi connectivity index (χ0) is 15.0. The molecule has 110 valence electrons. The number of fused-ring (bicyclic) bond motifs is 1. The fourth-order valence-electron chi connectivity index (χ4n) is 1.99. The summed E-state index contributed by atoms with van der Waals surface area (Å²) in [4.78, 5) is 4.20. The number of aryl methyl sites for hydroxylation is 2. The van der Waals surface area contributed by atoms with Gasteiger partial charge in [0, 0.05) is 18.9 Å². The molecule has 0 aliphatic carbocycles. The van der Waals surface area contributed by atoms with Crippen LogP contribution in [0.3, 0.4) is 0 Å². The van der Waals surface area contributed by atoms with E-state index in [2.05, 4.69) is 10.1 Å². The van der Waals surface area contributed by atoms with Crippen LogP contribution >= 0.6 is 11.3 Å². The van der Waals surface area contributed by atoms with E-state index in [4.69, 9.17) is 5.73 Å². The van der Waals surface area contributed by atoms with E-state index in [0.717, 1.165) is 21.6 Å². The highest BCUT2D eigenvalue weighted by Gasteiger charge is 2.20. The molecule has 2 N–H and O–H groups in total. The molecule has 3 rings (SSSR count). The van der Waals surface area contributed by atoms with Crippen molar-refractivity contribution in [3.63, 3.8) is 0 Å². The maximum absolute atomic E-state index is 12.4. The van der Waals surface area contributed by atoms with Crippen molar-refractivity contribution in [3.8, 4) is 0 Å². The number of sulfone groups is 1. The number of aromatic nitrogens is 3. The zero-order valence-electron chi connectivity index (χ0n) is 11.4. The van der Waals surface area contributed by atoms with Crippen LogP contribution in [0.15, 0.2) is 34.9 Å². The molecule has 3 aromatic rings. The number of hydrogen-bond donors (Lipinski definition) is 1. The van der Waals surface area contributed by atoms with Crippen LogP contribution in [0.4, 0.5) is 5.69 Å². The van der Waals surface area contributed by atoms with Crippen LogP contribution in [0, 0.1) is 0 Å². The van der Waals surface area contributed by atoms with Gasteiger partial charge >= 0.3 is 0 Å². The molecule has 1 aromatic carbocycles. The summed E-state index contributed by atoms with van der Waals surface area (Å²) in [6.07, 6.45) is 3.91. The van der Waals surface area contributed by atoms with Gasteiger partial charge < -0.3 is 5.73 Å². The summed E-state index contributed by atoms with van der Waals surface area (Å²) in [6, 6.07) is 5.20. The van der Waals surface area contributed by atoms with Crippen molar-refractivity contribution in [2.24, 2.45) is 7.05 Å². The average Bonchev–Trinajstić information content (AvgIpc) is 3.02. The van der Waals surface area contributed by atoms with Gasteiger partial charge in [0.05, 0.1) is 22.2 Å². The summed E-state index contributed by atoms with van der Waals surface area (Å²) in [5.74, 6) is 0.0218. The quantitative estimate of drug-likeness (QED) is 0.737. The Hall–Kier alpha value is -1.93. The number of nitrogens with zero attached hydrogens (tertiary/aromatic N) is 3. The summed E-state index contributed by atoms with van der Waals surface area (Å²) in [6.45, 7) is 0. The highest BCUT2D eigenvalue weighted by molar-refractivity contribution is 7.93. The van der Waals surface area contributed by atoms with Gasteiger partial charge in [0.2, 0.25) is 14.2 Å².